The third-order valence-electron chi connectivity index (χ3n) is 6.85. The number of methoxy groups -OCH3 is 4. The molecule has 0 bridgehead atoms. The minimum absolute atomic E-state index is 0. The van der Waals surface area contributed by atoms with Gasteiger partial charge in [-0.05, 0) is 0 Å². The van der Waals surface area contributed by atoms with Crippen LogP contribution in [0, 0.1) is 0 Å². The van der Waals surface area contributed by atoms with Crippen molar-refractivity contribution < 1.29 is 39.6 Å². The standard InChI is InChI=1S/C26H49N5O8.H2/c1-36-23(32)5-11-28(12-6-24(33)37-2)15-9-27-10-16-30-18-21-31(22-19-30)20-17-29(13-7-25(34)38-3)14-8-26(35)39-4;/h27H,5-22H2,1-4H3;1H. The first kappa shape index (κ1) is 34.7. The van der Waals surface area contributed by atoms with Gasteiger partial charge >= 0.3 is 23.9 Å². The van der Waals surface area contributed by atoms with Gasteiger partial charge in [0.25, 0.3) is 0 Å². The van der Waals surface area contributed by atoms with Crippen molar-refractivity contribution in [1.29, 1.82) is 0 Å². The van der Waals surface area contributed by atoms with Crippen molar-refractivity contribution in [2.75, 3.05) is 120 Å². The summed E-state index contributed by atoms with van der Waals surface area (Å²) >= 11 is 0. The molecule has 0 aromatic carbocycles. The molecule has 0 amide bonds. The molecule has 1 fully saturated rings. The molecule has 0 aromatic rings. The number of esters is 4. The van der Waals surface area contributed by atoms with E-state index in [0.717, 1.165) is 65.4 Å². The third kappa shape index (κ3) is 17.1. The van der Waals surface area contributed by atoms with E-state index in [1.54, 1.807) is 0 Å². The molecule has 13 heteroatoms. The molecular formula is C26H51N5O8. The second-order valence-electron chi connectivity index (χ2n) is 9.42. The monoisotopic (exact) mass is 561 g/mol. The Labute approximate surface area is 234 Å². The number of piperazine rings is 1. The zero-order chi connectivity index (χ0) is 28.9. The van der Waals surface area contributed by atoms with E-state index in [9.17, 15) is 19.2 Å². The van der Waals surface area contributed by atoms with Gasteiger partial charge in [-0.25, -0.2) is 0 Å². The predicted molar refractivity (Wildman–Crippen MR) is 147 cm³/mol. The summed E-state index contributed by atoms with van der Waals surface area (Å²) in [5.41, 5.74) is 0. The fraction of sp³-hybridized carbons (Fsp3) is 0.846. The molecule has 1 rings (SSSR count). The largest absolute Gasteiger partial charge is 0.469 e. The lowest BCUT2D eigenvalue weighted by molar-refractivity contribution is -0.142. The van der Waals surface area contributed by atoms with E-state index in [-0.39, 0.29) is 38.1 Å². The van der Waals surface area contributed by atoms with Crippen molar-refractivity contribution in [1.82, 2.24) is 24.9 Å². The molecular weight excluding hydrogens is 510 g/mol. The maximum atomic E-state index is 11.5. The summed E-state index contributed by atoms with van der Waals surface area (Å²) < 4.78 is 18.9. The summed E-state index contributed by atoms with van der Waals surface area (Å²) in [7, 11) is 5.51. The Morgan fingerprint density at radius 1 is 0.564 bits per heavy atom. The number of hydrogen-bond acceptors (Lipinski definition) is 13. The lowest BCUT2D eigenvalue weighted by Gasteiger charge is -2.36. The Hall–Kier alpha value is -2.32. The molecule has 1 heterocycles. The number of carbonyl (C=O) groups excluding carboxylic acids is 4. The highest BCUT2D eigenvalue weighted by molar-refractivity contribution is 5.70. The fourth-order valence-corrected chi connectivity index (χ4v) is 4.20. The number of hydrogen-bond donors (Lipinski definition) is 1. The van der Waals surface area contributed by atoms with Gasteiger partial charge in [0.05, 0.1) is 54.1 Å². The van der Waals surface area contributed by atoms with Crippen LogP contribution in [0.15, 0.2) is 0 Å². The molecule has 0 unspecified atom stereocenters. The topological polar surface area (TPSA) is 130 Å². The van der Waals surface area contributed by atoms with Gasteiger partial charge < -0.3 is 34.1 Å². The van der Waals surface area contributed by atoms with Crippen LogP contribution in [-0.4, -0.2) is 164 Å². The SMILES string of the molecule is COC(=O)CCN(CCNCCN1CCN(CCN(CCC(=O)OC)CCC(=O)OC)CC1)CCC(=O)OC.[HH]. The van der Waals surface area contributed by atoms with Crippen LogP contribution in [0.5, 0.6) is 0 Å². The zero-order valence-electron chi connectivity index (χ0n) is 24.3. The first-order valence-corrected chi connectivity index (χ1v) is 13.7. The smallest absolute Gasteiger partial charge is 0.306 e. The van der Waals surface area contributed by atoms with Gasteiger partial charge in [0.2, 0.25) is 0 Å². The minimum Gasteiger partial charge on any atom is -0.469 e. The van der Waals surface area contributed by atoms with Crippen LogP contribution < -0.4 is 5.32 Å². The Balaban J connectivity index is 0.0000152. The Bertz CT molecular complexity index is 682. The van der Waals surface area contributed by atoms with E-state index in [4.69, 9.17) is 18.9 Å². The first-order chi connectivity index (χ1) is 18.8. The molecule has 1 saturated heterocycles. The Kier molecular flexibility index (Phi) is 19.1. The number of carbonyl (C=O) groups is 4. The van der Waals surface area contributed by atoms with Crippen LogP contribution in [0.25, 0.3) is 0 Å². The van der Waals surface area contributed by atoms with Crippen LogP contribution in [0.2, 0.25) is 0 Å². The molecule has 1 N–H and O–H groups in total. The molecule has 0 atom stereocenters. The molecule has 1 aliphatic heterocycles. The fourth-order valence-electron chi connectivity index (χ4n) is 4.20. The van der Waals surface area contributed by atoms with Crippen molar-refractivity contribution in [3.05, 3.63) is 0 Å². The second-order valence-corrected chi connectivity index (χ2v) is 9.42. The van der Waals surface area contributed by atoms with Crippen LogP contribution in [0.3, 0.4) is 0 Å². The summed E-state index contributed by atoms with van der Waals surface area (Å²) in [6.45, 7) is 11.0. The lowest BCUT2D eigenvalue weighted by atomic mass is 10.3. The highest BCUT2D eigenvalue weighted by atomic mass is 16.5. The van der Waals surface area contributed by atoms with Crippen molar-refractivity contribution in [3.8, 4) is 0 Å². The van der Waals surface area contributed by atoms with Crippen LogP contribution in [-0.2, 0) is 38.1 Å². The normalized spacial score (nSPS) is 14.4. The van der Waals surface area contributed by atoms with Crippen molar-refractivity contribution >= 4 is 23.9 Å². The predicted octanol–water partition coefficient (Wildman–Crippen LogP) is -0.704. The molecule has 0 radical (unpaired) electrons. The Morgan fingerprint density at radius 3 is 1.31 bits per heavy atom. The molecule has 0 aliphatic carbocycles. The van der Waals surface area contributed by atoms with Crippen LogP contribution in [0.1, 0.15) is 27.1 Å². The summed E-state index contributed by atoms with van der Waals surface area (Å²) in [6.07, 6.45) is 1.17. The van der Waals surface area contributed by atoms with E-state index in [1.807, 2.05) is 0 Å². The summed E-state index contributed by atoms with van der Waals surface area (Å²) in [4.78, 5) is 55.1. The van der Waals surface area contributed by atoms with Gasteiger partial charge in [-0.1, -0.05) is 0 Å². The third-order valence-corrected chi connectivity index (χ3v) is 6.85. The van der Waals surface area contributed by atoms with Gasteiger partial charge in [-0.3, -0.25) is 29.0 Å². The van der Waals surface area contributed by atoms with Gasteiger partial charge in [0, 0.05) is 93.1 Å². The minimum atomic E-state index is -0.264. The molecule has 0 spiro atoms. The van der Waals surface area contributed by atoms with Crippen molar-refractivity contribution in [3.63, 3.8) is 0 Å². The number of ether oxygens (including phenoxy) is 4. The number of rotatable bonds is 21. The molecule has 1 aliphatic rings. The van der Waals surface area contributed by atoms with E-state index in [0.29, 0.717) is 39.0 Å². The van der Waals surface area contributed by atoms with Crippen LogP contribution in [0.4, 0.5) is 0 Å². The average Bonchev–Trinajstić information content (AvgIpc) is 2.97. The van der Waals surface area contributed by atoms with Gasteiger partial charge in [0.15, 0.2) is 0 Å². The quantitative estimate of drug-likeness (QED) is 0.108. The maximum Gasteiger partial charge on any atom is 0.306 e. The summed E-state index contributed by atoms with van der Waals surface area (Å²) in [6, 6.07) is 0. The van der Waals surface area contributed by atoms with Crippen molar-refractivity contribution in [2.24, 2.45) is 0 Å². The van der Waals surface area contributed by atoms with Gasteiger partial charge in [0.1, 0.15) is 0 Å². The molecule has 228 valence electrons. The molecule has 0 aromatic heterocycles. The summed E-state index contributed by atoms with van der Waals surface area (Å²) in [5, 5.41) is 3.46. The van der Waals surface area contributed by atoms with E-state index in [2.05, 4.69) is 24.9 Å². The van der Waals surface area contributed by atoms with Gasteiger partial charge in [-0.2, -0.15) is 0 Å². The highest BCUT2D eigenvalue weighted by Gasteiger charge is 2.18. The highest BCUT2D eigenvalue weighted by Crippen LogP contribution is 2.04. The lowest BCUT2D eigenvalue weighted by Crippen LogP contribution is -2.50. The van der Waals surface area contributed by atoms with E-state index in [1.165, 1.54) is 28.4 Å². The summed E-state index contributed by atoms with van der Waals surface area (Å²) in [5.74, 6) is -1.04. The Morgan fingerprint density at radius 2 is 0.923 bits per heavy atom. The van der Waals surface area contributed by atoms with Gasteiger partial charge in [-0.15, -0.1) is 0 Å². The maximum absolute atomic E-state index is 11.5. The second kappa shape index (κ2) is 21.5. The van der Waals surface area contributed by atoms with Crippen LogP contribution >= 0.6 is 0 Å². The number of nitrogens with zero attached hydrogens (tertiary/aromatic N) is 4. The van der Waals surface area contributed by atoms with E-state index < -0.39 is 0 Å². The number of nitrogens with one attached hydrogen (secondary N) is 1. The zero-order valence-corrected chi connectivity index (χ0v) is 24.3. The van der Waals surface area contributed by atoms with E-state index >= 15 is 0 Å². The molecule has 0 saturated carbocycles. The molecule has 39 heavy (non-hydrogen) atoms. The van der Waals surface area contributed by atoms with Crippen molar-refractivity contribution in [2.45, 2.75) is 25.7 Å². The average molecular weight is 562 g/mol. The molecule has 13 nitrogen and oxygen atoms in total. The first-order valence-electron chi connectivity index (χ1n) is 13.7.